The van der Waals surface area contributed by atoms with Gasteiger partial charge in [0.05, 0.1) is 13.0 Å². The number of hydrogen-bond donors (Lipinski definition) is 2. The van der Waals surface area contributed by atoms with E-state index in [0.29, 0.717) is 11.6 Å². The number of nitrogens with one attached hydrogen (secondary N) is 2. The first kappa shape index (κ1) is 29.6. The predicted octanol–water partition coefficient (Wildman–Crippen LogP) is 5.11. The molecule has 0 bridgehead atoms. The lowest BCUT2D eigenvalue weighted by molar-refractivity contribution is -0.146. The van der Waals surface area contributed by atoms with Crippen LogP contribution in [-0.2, 0) is 25.7 Å². The third-order valence-corrected chi connectivity index (χ3v) is 7.09. The average Bonchev–Trinajstić information content (AvgIpc) is 3.26. The van der Waals surface area contributed by atoms with Gasteiger partial charge in [-0.05, 0) is 39.9 Å². The highest BCUT2D eigenvalue weighted by Gasteiger charge is 2.30. The van der Waals surface area contributed by atoms with Crippen LogP contribution in [0.15, 0.2) is 72.8 Å². The second kappa shape index (κ2) is 14.2. The zero-order valence-electron chi connectivity index (χ0n) is 21.3. The van der Waals surface area contributed by atoms with Crippen molar-refractivity contribution in [2.45, 2.75) is 32.9 Å². The number of hydrogen-bond acceptors (Lipinski definition) is 7. The minimum atomic E-state index is -0.956. The van der Waals surface area contributed by atoms with Gasteiger partial charge in [0.15, 0.2) is 0 Å². The second-order valence-corrected chi connectivity index (χ2v) is 9.76. The Labute approximate surface area is 233 Å². The predicted molar refractivity (Wildman–Crippen MR) is 153 cm³/mol. The van der Waals surface area contributed by atoms with Gasteiger partial charge in [-0.1, -0.05) is 68.1 Å². The summed E-state index contributed by atoms with van der Waals surface area (Å²) >= 11 is 1.29. The molecule has 0 aliphatic heterocycles. The van der Waals surface area contributed by atoms with Crippen LogP contribution in [0.2, 0.25) is 0 Å². The van der Waals surface area contributed by atoms with Crippen LogP contribution < -0.4 is 15.4 Å². The molecule has 0 radical (unpaired) electrons. The molecule has 0 aromatic heterocycles. The number of benzene rings is 3. The molecule has 0 unspecified atom stereocenters. The number of thioether (sulfide) groups is 1. The maximum absolute atomic E-state index is 12.9. The second-order valence-electron chi connectivity index (χ2n) is 8.73. The first-order chi connectivity index (χ1) is 18.5. The highest BCUT2D eigenvalue weighted by atomic mass is 32.2. The number of carbonyl (C=O) groups is 3. The molecule has 2 amide bonds. The zero-order valence-corrected chi connectivity index (χ0v) is 22.1. The normalized spacial score (nSPS) is 12.3. The van der Waals surface area contributed by atoms with Crippen molar-refractivity contribution in [2.24, 2.45) is 0 Å². The Morgan fingerprint density at radius 3 is 2.10 bits per heavy atom. The van der Waals surface area contributed by atoms with Crippen molar-refractivity contribution in [1.29, 1.82) is 0 Å². The van der Waals surface area contributed by atoms with Crippen molar-refractivity contribution in [3.05, 3.63) is 89.5 Å². The molecule has 4 rings (SSSR count). The summed E-state index contributed by atoms with van der Waals surface area (Å²) in [6, 6.07) is 22.3. The molecule has 39 heavy (non-hydrogen) atoms. The molecular formula is C30H34N2O6S. The van der Waals surface area contributed by atoms with E-state index in [-0.39, 0.29) is 38.2 Å². The summed E-state index contributed by atoms with van der Waals surface area (Å²) < 4.78 is 16.2. The molecular weight excluding hydrogens is 516 g/mol. The van der Waals surface area contributed by atoms with Crippen LogP contribution >= 0.6 is 11.8 Å². The summed E-state index contributed by atoms with van der Waals surface area (Å²) in [6.07, 6.45) is -0.710. The molecule has 2 N–H and O–H groups in total. The van der Waals surface area contributed by atoms with Gasteiger partial charge in [0.2, 0.25) is 5.91 Å². The quantitative estimate of drug-likeness (QED) is 0.194. The van der Waals surface area contributed by atoms with Crippen LogP contribution in [0.25, 0.3) is 11.1 Å². The largest absolute Gasteiger partial charge is 0.497 e. The van der Waals surface area contributed by atoms with E-state index in [2.05, 4.69) is 22.8 Å². The number of methoxy groups -OCH3 is 1. The third-order valence-electron chi connectivity index (χ3n) is 6.17. The lowest BCUT2D eigenvalue weighted by atomic mass is 9.98. The molecule has 3 aromatic rings. The highest BCUT2D eigenvalue weighted by Crippen LogP contribution is 2.44. The fraction of sp³-hybridized carbons (Fsp3) is 0.300. The van der Waals surface area contributed by atoms with E-state index in [9.17, 15) is 14.4 Å². The summed E-state index contributed by atoms with van der Waals surface area (Å²) in [6.45, 7) is 1.59. The van der Waals surface area contributed by atoms with Gasteiger partial charge in [-0.3, -0.25) is 4.79 Å². The zero-order chi connectivity index (χ0) is 26.9. The summed E-state index contributed by atoms with van der Waals surface area (Å²) in [5.74, 6) is 0.327. The summed E-state index contributed by atoms with van der Waals surface area (Å²) in [5, 5.41) is 5.30. The van der Waals surface area contributed by atoms with Crippen LogP contribution in [0.4, 0.5) is 4.79 Å². The molecule has 0 spiro atoms. The summed E-state index contributed by atoms with van der Waals surface area (Å²) in [7, 11) is 1.58. The number of rotatable bonds is 11. The lowest BCUT2D eigenvalue weighted by Crippen LogP contribution is -2.44. The number of ether oxygens (including phenoxy) is 3. The minimum Gasteiger partial charge on any atom is -0.497 e. The van der Waals surface area contributed by atoms with Crippen LogP contribution in [0.5, 0.6) is 5.75 Å². The fourth-order valence-corrected chi connectivity index (χ4v) is 5.14. The van der Waals surface area contributed by atoms with E-state index in [4.69, 9.17) is 14.2 Å². The Balaban J connectivity index is 0.00000420. The van der Waals surface area contributed by atoms with E-state index < -0.39 is 18.1 Å². The number of alkyl carbamates (subject to hydrolysis) is 1. The molecule has 0 saturated heterocycles. The van der Waals surface area contributed by atoms with E-state index >= 15 is 0 Å². The monoisotopic (exact) mass is 550 g/mol. The topological polar surface area (TPSA) is 103 Å². The summed E-state index contributed by atoms with van der Waals surface area (Å²) in [5.41, 5.74) is 5.24. The van der Waals surface area contributed by atoms with E-state index in [1.807, 2.05) is 36.4 Å². The van der Waals surface area contributed by atoms with Gasteiger partial charge in [-0.15, -0.1) is 11.8 Å². The van der Waals surface area contributed by atoms with Crippen LogP contribution in [0.3, 0.4) is 0 Å². The van der Waals surface area contributed by atoms with Crippen LogP contribution in [0, 0.1) is 0 Å². The van der Waals surface area contributed by atoms with E-state index in [1.165, 1.54) is 18.7 Å². The first-order valence-electron chi connectivity index (χ1n) is 12.2. The molecule has 8 nitrogen and oxygen atoms in total. The molecule has 206 valence electrons. The highest BCUT2D eigenvalue weighted by molar-refractivity contribution is 7.99. The molecule has 0 fully saturated rings. The Hall–Kier alpha value is -3.98. The van der Waals surface area contributed by atoms with E-state index in [0.717, 1.165) is 27.8 Å². The molecule has 1 aliphatic carbocycles. The van der Waals surface area contributed by atoms with Gasteiger partial charge < -0.3 is 24.8 Å². The van der Waals surface area contributed by atoms with Crippen molar-refractivity contribution in [3.8, 4) is 16.9 Å². The number of fused-ring (bicyclic) bond motifs is 3. The van der Waals surface area contributed by atoms with Gasteiger partial charge in [0.1, 0.15) is 25.0 Å². The Morgan fingerprint density at radius 1 is 0.897 bits per heavy atom. The SMILES string of the molecule is C.COc1ccc(COC(=O)[C@H](CSCNC(C)=O)NC(=O)OCC2c3ccccc3-c3ccccc32)cc1. The average molecular weight is 551 g/mol. The minimum absolute atomic E-state index is 0. The molecule has 0 heterocycles. The van der Waals surface area contributed by atoms with Gasteiger partial charge >= 0.3 is 12.1 Å². The summed E-state index contributed by atoms with van der Waals surface area (Å²) in [4.78, 5) is 36.8. The van der Waals surface area contributed by atoms with Crippen molar-refractivity contribution in [3.63, 3.8) is 0 Å². The van der Waals surface area contributed by atoms with Crippen LogP contribution in [-0.4, -0.2) is 49.4 Å². The smallest absolute Gasteiger partial charge is 0.407 e. The van der Waals surface area contributed by atoms with Gasteiger partial charge in [-0.2, -0.15) is 0 Å². The van der Waals surface area contributed by atoms with Gasteiger partial charge in [0, 0.05) is 18.6 Å². The van der Waals surface area contributed by atoms with Crippen molar-refractivity contribution in [1.82, 2.24) is 10.6 Å². The lowest BCUT2D eigenvalue weighted by Gasteiger charge is -2.19. The van der Waals surface area contributed by atoms with E-state index in [1.54, 1.807) is 31.4 Å². The van der Waals surface area contributed by atoms with Gasteiger partial charge in [0.25, 0.3) is 0 Å². The third kappa shape index (κ3) is 7.77. The standard InChI is InChI=1S/C29H30N2O6S.CH4/c1-19(32)30-18-38-17-27(28(33)36-15-20-11-13-21(35-2)14-12-20)31-29(34)37-16-26-24-9-5-3-7-22(24)23-8-4-6-10-25(23)26;/h3-14,26-27H,15-18H2,1-2H3,(H,30,32)(H,31,34);1H4/t27-;/m0./s1. The molecule has 9 heteroatoms. The van der Waals surface area contributed by atoms with Crippen molar-refractivity contribution >= 4 is 29.7 Å². The number of carbonyl (C=O) groups excluding carboxylic acids is 3. The fourth-order valence-electron chi connectivity index (χ4n) is 4.26. The Bertz CT molecular complexity index is 1230. The Morgan fingerprint density at radius 2 is 1.51 bits per heavy atom. The van der Waals surface area contributed by atoms with Gasteiger partial charge in [-0.25, -0.2) is 9.59 Å². The Kier molecular flexibility index (Phi) is 10.8. The maximum Gasteiger partial charge on any atom is 0.407 e. The number of amides is 2. The maximum atomic E-state index is 12.9. The van der Waals surface area contributed by atoms with Crippen molar-refractivity contribution in [2.75, 3.05) is 25.3 Å². The molecule has 0 saturated carbocycles. The molecule has 1 atom stereocenters. The first-order valence-corrected chi connectivity index (χ1v) is 13.3. The van der Waals surface area contributed by atoms with Crippen LogP contribution in [0.1, 0.15) is 37.0 Å². The number of esters is 1. The van der Waals surface area contributed by atoms with Crippen molar-refractivity contribution < 1.29 is 28.6 Å². The molecule has 3 aromatic carbocycles. The molecule has 1 aliphatic rings.